The maximum absolute atomic E-state index is 6.04. The summed E-state index contributed by atoms with van der Waals surface area (Å²) in [5, 5.41) is 4.37. The minimum absolute atomic E-state index is 0.293. The third kappa shape index (κ3) is 3.72. The van der Waals surface area contributed by atoms with Gasteiger partial charge in [-0.3, -0.25) is 0 Å². The minimum Gasteiger partial charge on any atom is -0.398 e. The topological polar surface area (TPSA) is 47.6 Å². The molecule has 0 aromatic heterocycles. The number of nitrogen functional groups attached to an aromatic ring is 1. The van der Waals surface area contributed by atoms with Gasteiger partial charge < -0.3 is 10.6 Å². The highest BCUT2D eigenvalue weighted by Gasteiger charge is 2.15. The summed E-state index contributed by atoms with van der Waals surface area (Å²) in [5.74, 6) is 0. The summed E-state index contributed by atoms with van der Waals surface area (Å²) in [4.78, 5) is 5.72. The highest BCUT2D eigenvalue weighted by atomic mass is 16.6. The zero-order valence-corrected chi connectivity index (χ0v) is 12.0. The van der Waals surface area contributed by atoms with Crippen LogP contribution in [0.1, 0.15) is 56.6 Å². The molecule has 0 spiro atoms. The van der Waals surface area contributed by atoms with Gasteiger partial charge in [0, 0.05) is 11.3 Å². The Labute approximate surface area is 115 Å². The van der Waals surface area contributed by atoms with E-state index in [1.54, 1.807) is 0 Å². The van der Waals surface area contributed by atoms with Gasteiger partial charge in [0.25, 0.3) is 0 Å². The second-order valence-corrected chi connectivity index (χ2v) is 5.35. The van der Waals surface area contributed by atoms with Gasteiger partial charge in [-0.15, -0.1) is 0 Å². The molecule has 104 valence electrons. The Balaban J connectivity index is 2.11. The molecule has 1 aromatic rings. The van der Waals surface area contributed by atoms with Crippen molar-refractivity contribution in [3.05, 3.63) is 29.3 Å². The van der Waals surface area contributed by atoms with Crippen LogP contribution in [0.2, 0.25) is 0 Å². The maximum atomic E-state index is 6.04. The summed E-state index contributed by atoms with van der Waals surface area (Å²) >= 11 is 0. The molecule has 1 aromatic carbocycles. The van der Waals surface area contributed by atoms with Crippen molar-refractivity contribution in [1.82, 2.24) is 0 Å². The Bertz CT molecular complexity index is 448. The largest absolute Gasteiger partial charge is 0.398 e. The van der Waals surface area contributed by atoms with Gasteiger partial charge in [-0.25, -0.2) is 0 Å². The second kappa shape index (κ2) is 6.60. The average molecular weight is 260 g/mol. The van der Waals surface area contributed by atoms with Crippen molar-refractivity contribution >= 4 is 11.4 Å². The van der Waals surface area contributed by atoms with E-state index in [9.17, 15) is 0 Å². The fourth-order valence-corrected chi connectivity index (χ4v) is 2.53. The van der Waals surface area contributed by atoms with Crippen LogP contribution in [0.15, 0.2) is 23.4 Å². The van der Waals surface area contributed by atoms with Crippen molar-refractivity contribution in [2.24, 2.45) is 5.16 Å². The highest BCUT2D eigenvalue weighted by Crippen LogP contribution is 2.22. The fraction of sp³-hybridized carbons (Fsp3) is 0.562. The van der Waals surface area contributed by atoms with E-state index in [2.05, 4.69) is 25.1 Å². The molecule has 0 unspecified atom stereocenters. The highest BCUT2D eigenvalue weighted by molar-refractivity contribution is 6.04. The molecule has 1 fully saturated rings. The van der Waals surface area contributed by atoms with Crippen molar-refractivity contribution in [2.75, 3.05) is 5.73 Å². The summed E-state index contributed by atoms with van der Waals surface area (Å²) in [6.45, 7) is 4.16. The first-order chi connectivity index (χ1) is 9.20. The number of hydrogen-bond donors (Lipinski definition) is 1. The van der Waals surface area contributed by atoms with Gasteiger partial charge in [-0.2, -0.15) is 0 Å². The molecular formula is C16H24N2O. The van der Waals surface area contributed by atoms with Crippen molar-refractivity contribution < 1.29 is 4.84 Å². The van der Waals surface area contributed by atoms with Gasteiger partial charge in [0.15, 0.2) is 0 Å². The predicted molar refractivity (Wildman–Crippen MR) is 80.4 cm³/mol. The molecule has 0 heterocycles. The Morgan fingerprint density at radius 3 is 2.74 bits per heavy atom. The zero-order chi connectivity index (χ0) is 13.7. The molecule has 0 saturated heterocycles. The van der Waals surface area contributed by atoms with Crippen LogP contribution < -0.4 is 5.73 Å². The molecule has 19 heavy (non-hydrogen) atoms. The molecule has 0 atom stereocenters. The van der Waals surface area contributed by atoms with E-state index < -0.39 is 0 Å². The average Bonchev–Trinajstić information content (AvgIpc) is 2.44. The number of oxime groups is 1. The van der Waals surface area contributed by atoms with E-state index in [0.717, 1.165) is 36.2 Å². The summed E-state index contributed by atoms with van der Waals surface area (Å²) in [7, 11) is 0. The first-order valence-corrected chi connectivity index (χ1v) is 7.30. The van der Waals surface area contributed by atoms with Gasteiger partial charge in [0.1, 0.15) is 6.10 Å². The van der Waals surface area contributed by atoms with Crippen LogP contribution in [-0.4, -0.2) is 11.8 Å². The van der Waals surface area contributed by atoms with Crippen LogP contribution in [0.3, 0.4) is 0 Å². The summed E-state index contributed by atoms with van der Waals surface area (Å²) in [6.07, 6.45) is 7.23. The lowest BCUT2D eigenvalue weighted by Gasteiger charge is -2.20. The number of benzene rings is 1. The number of aryl methyl sites for hydroxylation is 1. The lowest BCUT2D eigenvalue weighted by atomic mass is 9.98. The van der Waals surface area contributed by atoms with Crippen molar-refractivity contribution in [3.8, 4) is 0 Å². The maximum Gasteiger partial charge on any atom is 0.127 e. The summed E-state index contributed by atoms with van der Waals surface area (Å²) < 4.78 is 0. The third-order valence-electron chi connectivity index (χ3n) is 3.72. The molecule has 1 saturated carbocycles. The SMILES string of the molecule is CC/C(=N\OC1CCCCC1)c1cc(C)ccc1N. The van der Waals surface area contributed by atoms with E-state index >= 15 is 0 Å². The fourth-order valence-electron chi connectivity index (χ4n) is 2.53. The molecule has 1 aliphatic carbocycles. The van der Waals surface area contributed by atoms with E-state index in [4.69, 9.17) is 10.6 Å². The van der Waals surface area contributed by atoms with Crippen LogP contribution in [-0.2, 0) is 4.84 Å². The number of hydrogen-bond acceptors (Lipinski definition) is 3. The normalized spacial score (nSPS) is 17.5. The van der Waals surface area contributed by atoms with E-state index in [1.165, 1.54) is 24.8 Å². The Morgan fingerprint density at radius 2 is 2.05 bits per heavy atom. The Morgan fingerprint density at radius 1 is 1.32 bits per heavy atom. The smallest absolute Gasteiger partial charge is 0.127 e. The van der Waals surface area contributed by atoms with E-state index in [0.29, 0.717) is 6.10 Å². The van der Waals surface area contributed by atoms with Crippen LogP contribution >= 0.6 is 0 Å². The third-order valence-corrected chi connectivity index (χ3v) is 3.72. The number of anilines is 1. The van der Waals surface area contributed by atoms with Crippen LogP contribution in [0.5, 0.6) is 0 Å². The van der Waals surface area contributed by atoms with Crippen molar-refractivity contribution in [2.45, 2.75) is 58.5 Å². The van der Waals surface area contributed by atoms with E-state index in [-0.39, 0.29) is 0 Å². The Kier molecular flexibility index (Phi) is 4.83. The monoisotopic (exact) mass is 260 g/mol. The molecule has 0 bridgehead atoms. The summed E-state index contributed by atoms with van der Waals surface area (Å²) in [5.41, 5.74) is 9.97. The number of nitrogens with two attached hydrogens (primary N) is 1. The van der Waals surface area contributed by atoms with Gasteiger partial charge in [0.2, 0.25) is 0 Å². The van der Waals surface area contributed by atoms with Crippen molar-refractivity contribution in [3.63, 3.8) is 0 Å². The Hall–Kier alpha value is -1.51. The molecular weight excluding hydrogens is 236 g/mol. The molecule has 2 N–H and O–H groups in total. The lowest BCUT2D eigenvalue weighted by Crippen LogP contribution is -2.15. The quantitative estimate of drug-likeness (QED) is 0.504. The molecule has 0 amide bonds. The van der Waals surface area contributed by atoms with Crippen molar-refractivity contribution in [1.29, 1.82) is 0 Å². The van der Waals surface area contributed by atoms with Crippen LogP contribution in [0.25, 0.3) is 0 Å². The first-order valence-electron chi connectivity index (χ1n) is 7.30. The van der Waals surface area contributed by atoms with Gasteiger partial charge >= 0.3 is 0 Å². The molecule has 3 heteroatoms. The number of nitrogens with zero attached hydrogens (tertiary/aromatic N) is 1. The summed E-state index contributed by atoms with van der Waals surface area (Å²) in [6, 6.07) is 6.05. The van der Waals surface area contributed by atoms with Crippen LogP contribution in [0.4, 0.5) is 5.69 Å². The van der Waals surface area contributed by atoms with Crippen LogP contribution in [0, 0.1) is 6.92 Å². The predicted octanol–water partition coefficient (Wildman–Crippen LogP) is 4.04. The first kappa shape index (κ1) is 13.9. The standard InChI is InChI=1S/C16H24N2O/c1-3-16(14-11-12(2)9-10-15(14)17)18-19-13-7-5-4-6-8-13/h9-11,13H,3-8,17H2,1-2H3/b18-16+. The molecule has 0 radical (unpaired) electrons. The zero-order valence-electron chi connectivity index (χ0n) is 12.0. The minimum atomic E-state index is 0.293. The molecule has 0 aliphatic heterocycles. The molecule has 2 rings (SSSR count). The lowest BCUT2D eigenvalue weighted by molar-refractivity contribution is 0.0327. The van der Waals surface area contributed by atoms with Gasteiger partial charge in [-0.1, -0.05) is 30.1 Å². The second-order valence-electron chi connectivity index (χ2n) is 5.35. The molecule has 1 aliphatic rings. The van der Waals surface area contributed by atoms with Gasteiger partial charge in [-0.05, 0) is 51.2 Å². The van der Waals surface area contributed by atoms with E-state index in [1.807, 2.05) is 12.1 Å². The number of rotatable bonds is 4. The van der Waals surface area contributed by atoms with Gasteiger partial charge in [0.05, 0.1) is 5.71 Å². The molecule has 3 nitrogen and oxygen atoms in total.